The second kappa shape index (κ2) is 5.80. The molecule has 1 aromatic rings. The van der Waals surface area contributed by atoms with E-state index in [0.717, 1.165) is 6.07 Å². The van der Waals surface area contributed by atoms with Gasteiger partial charge in [-0.25, -0.2) is 4.79 Å². The third kappa shape index (κ3) is 3.72. The number of ether oxygens (including phenoxy) is 1. The van der Waals surface area contributed by atoms with E-state index < -0.39 is 23.5 Å². The maximum absolute atomic E-state index is 11.5. The van der Waals surface area contributed by atoms with Gasteiger partial charge in [0.15, 0.2) is 6.10 Å². The van der Waals surface area contributed by atoms with Crippen LogP contribution in [-0.4, -0.2) is 41.7 Å². The van der Waals surface area contributed by atoms with Gasteiger partial charge in [0.2, 0.25) is 5.56 Å². The van der Waals surface area contributed by atoms with Gasteiger partial charge in [0.1, 0.15) is 0 Å². The predicted molar refractivity (Wildman–Crippen MR) is 57.8 cm³/mol. The largest absolute Gasteiger partial charge is 0.479 e. The number of aliphatic carboxylic acids is 1. The Hall–Kier alpha value is -2.15. The zero-order chi connectivity index (χ0) is 12.8. The average Bonchev–Trinajstić information content (AvgIpc) is 2.29. The summed E-state index contributed by atoms with van der Waals surface area (Å²) >= 11 is 0. The minimum absolute atomic E-state index is 0.161. The van der Waals surface area contributed by atoms with Gasteiger partial charge >= 0.3 is 5.97 Å². The number of aromatic nitrogens is 1. The van der Waals surface area contributed by atoms with Gasteiger partial charge in [-0.15, -0.1) is 0 Å². The number of hydrogen-bond donors (Lipinski definition) is 3. The number of carboxylic acids is 1. The lowest BCUT2D eigenvalue weighted by atomic mass is 10.2. The second-order valence-corrected chi connectivity index (χ2v) is 3.21. The van der Waals surface area contributed by atoms with E-state index in [-0.39, 0.29) is 12.1 Å². The molecule has 1 unspecified atom stereocenters. The van der Waals surface area contributed by atoms with Gasteiger partial charge in [-0.3, -0.25) is 9.59 Å². The molecule has 0 saturated heterocycles. The zero-order valence-corrected chi connectivity index (χ0v) is 9.10. The van der Waals surface area contributed by atoms with Crippen molar-refractivity contribution >= 4 is 11.9 Å². The van der Waals surface area contributed by atoms with E-state index in [1.165, 1.54) is 19.4 Å². The Morgan fingerprint density at radius 2 is 2.29 bits per heavy atom. The van der Waals surface area contributed by atoms with E-state index in [1.54, 1.807) is 0 Å². The van der Waals surface area contributed by atoms with Crippen LogP contribution >= 0.6 is 0 Å². The SMILES string of the molecule is COC(CNC(=O)c1cc[nH]c(=O)c1)C(=O)O. The first-order valence-electron chi connectivity index (χ1n) is 4.77. The molecule has 0 bridgehead atoms. The van der Waals surface area contributed by atoms with Gasteiger partial charge in [-0.05, 0) is 6.07 Å². The van der Waals surface area contributed by atoms with E-state index in [1.807, 2.05) is 0 Å². The molecule has 0 spiro atoms. The number of carbonyl (C=O) groups is 2. The number of methoxy groups -OCH3 is 1. The summed E-state index contributed by atoms with van der Waals surface area (Å²) in [4.78, 5) is 35.4. The zero-order valence-electron chi connectivity index (χ0n) is 9.10. The standard InChI is InChI=1S/C10H12N2O5/c1-17-7(10(15)16)5-12-9(14)6-2-3-11-8(13)4-6/h2-4,7H,5H2,1H3,(H,11,13)(H,12,14)(H,15,16). The fourth-order valence-electron chi connectivity index (χ4n) is 1.14. The molecule has 92 valence electrons. The summed E-state index contributed by atoms with van der Waals surface area (Å²) in [6.45, 7) is -0.169. The lowest BCUT2D eigenvalue weighted by Crippen LogP contribution is -2.38. The molecule has 0 radical (unpaired) electrons. The number of nitrogens with one attached hydrogen (secondary N) is 2. The second-order valence-electron chi connectivity index (χ2n) is 3.21. The van der Waals surface area contributed by atoms with Crippen LogP contribution in [0.25, 0.3) is 0 Å². The highest BCUT2D eigenvalue weighted by Gasteiger charge is 2.17. The van der Waals surface area contributed by atoms with Crippen molar-refractivity contribution in [2.45, 2.75) is 6.10 Å². The summed E-state index contributed by atoms with van der Waals surface area (Å²) in [5, 5.41) is 11.0. The molecule has 1 rings (SSSR count). The molecule has 3 N–H and O–H groups in total. The number of rotatable bonds is 5. The summed E-state index contributed by atoms with van der Waals surface area (Å²) in [7, 11) is 1.23. The minimum atomic E-state index is -1.17. The van der Waals surface area contributed by atoms with E-state index in [0.29, 0.717) is 0 Å². The van der Waals surface area contributed by atoms with Crippen LogP contribution in [0.5, 0.6) is 0 Å². The molecule has 1 heterocycles. The Morgan fingerprint density at radius 1 is 1.59 bits per heavy atom. The summed E-state index contributed by atoms with van der Waals surface area (Å²) in [6.07, 6.45) is 0.225. The Kier molecular flexibility index (Phi) is 4.41. The highest BCUT2D eigenvalue weighted by Crippen LogP contribution is 1.94. The number of carboxylic acid groups (broad SMARTS) is 1. The van der Waals surface area contributed by atoms with Crippen LogP contribution in [0.15, 0.2) is 23.1 Å². The average molecular weight is 240 g/mol. The Balaban J connectivity index is 2.61. The number of aromatic amines is 1. The van der Waals surface area contributed by atoms with Gasteiger partial charge < -0.3 is 20.1 Å². The third-order valence-electron chi connectivity index (χ3n) is 2.05. The molecule has 17 heavy (non-hydrogen) atoms. The quantitative estimate of drug-likeness (QED) is 0.624. The lowest BCUT2D eigenvalue weighted by molar-refractivity contribution is -0.148. The number of H-pyrrole nitrogens is 1. The number of hydrogen-bond acceptors (Lipinski definition) is 4. The molecule has 0 saturated carbocycles. The van der Waals surface area contributed by atoms with Crippen LogP contribution in [0, 0.1) is 0 Å². The van der Waals surface area contributed by atoms with Crippen molar-refractivity contribution in [3.05, 3.63) is 34.2 Å². The summed E-state index contributed by atoms with van der Waals surface area (Å²) < 4.78 is 4.64. The van der Waals surface area contributed by atoms with E-state index in [2.05, 4.69) is 15.0 Å². The van der Waals surface area contributed by atoms with Crippen LogP contribution in [0.3, 0.4) is 0 Å². The molecule has 0 fully saturated rings. The first-order chi connectivity index (χ1) is 8.04. The van der Waals surface area contributed by atoms with Gasteiger partial charge in [0.25, 0.3) is 5.91 Å². The summed E-state index contributed by atoms with van der Waals surface area (Å²) in [5.74, 6) is -1.70. The van der Waals surface area contributed by atoms with E-state index >= 15 is 0 Å². The normalized spacial score (nSPS) is 11.8. The number of pyridine rings is 1. The lowest BCUT2D eigenvalue weighted by Gasteiger charge is -2.11. The molecule has 7 heteroatoms. The number of carbonyl (C=O) groups excluding carboxylic acids is 1. The van der Waals surface area contributed by atoms with Crippen LogP contribution in [0.2, 0.25) is 0 Å². The van der Waals surface area contributed by atoms with Crippen molar-refractivity contribution < 1.29 is 19.4 Å². The van der Waals surface area contributed by atoms with Crippen LogP contribution < -0.4 is 10.9 Å². The highest BCUT2D eigenvalue weighted by molar-refractivity contribution is 5.94. The molecule has 0 aliphatic carbocycles. The van der Waals surface area contributed by atoms with Crippen molar-refractivity contribution in [2.75, 3.05) is 13.7 Å². The molecule has 7 nitrogen and oxygen atoms in total. The first-order valence-corrected chi connectivity index (χ1v) is 4.77. The Labute approximate surface area is 96.4 Å². The molecule has 0 aliphatic heterocycles. The summed E-state index contributed by atoms with van der Waals surface area (Å²) in [6, 6.07) is 2.54. The van der Waals surface area contributed by atoms with Crippen LogP contribution in [0.4, 0.5) is 0 Å². The van der Waals surface area contributed by atoms with Gasteiger partial charge in [0.05, 0.1) is 6.54 Å². The van der Waals surface area contributed by atoms with Gasteiger partial charge in [-0.2, -0.15) is 0 Å². The van der Waals surface area contributed by atoms with Crippen molar-refractivity contribution in [2.24, 2.45) is 0 Å². The maximum Gasteiger partial charge on any atom is 0.334 e. The van der Waals surface area contributed by atoms with Crippen LogP contribution in [0.1, 0.15) is 10.4 Å². The van der Waals surface area contributed by atoms with Gasteiger partial charge in [-0.1, -0.05) is 0 Å². The molecule has 0 aromatic carbocycles. The van der Waals surface area contributed by atoms with E-state index in [9.17, 15) is 14.4 Å². The van der Waals surface area contributed by atoms with Crippen molar-refractivity contribution in [3.63, 3.8) is 0 Å². The topological polar surface area (TPSA) is 108 Å². The Morgan fingerprint density at radius 3 is 2.82 bits per heavy atom. The fourth-order valence-corrected chi connectivity index (χ4v) is 1.14. The van der Waals surface area contributed by atoms with Crippen molar-refractivity contribution in [1.29, 1.82) is 0 Å². The summed E-state index contributed by atoms with van der Waals surface area (Å²) in [5.41, 5.74) is -0.242. The molecule has 1 atom stereocenters. The molecule has 1 aromatic heterocycles. The predicted octanol–water partition coefficient (Wildman–Crippen LogP) is -0.796. The smallest absolute Gasteiger partial charge is 0.334 e. The molecular weight excluding hydrogens is 228 g/mol. The Bertz CT molecular complexity index is 468. The third-order valence-corrected chi connectivity index (χ3v) is 2.05. The van der Waals surface area contributed by atoms with Gasteiger partial charge in [0, 0.05) is 24.9 Å². The molecular formula is C10H12N2O5. The number of amides is 1. The molecule has 0 aliphatic rings. The van der Waals surface area contributed by atoms with Crippen LogP contribution in [-0.2, 0) is 9.53 Å². The first kappa shape index (κ1) is 12.9. The monoisotopic (exact) mass is 240 g/mol. The van der Waals surface area contributed by atoms with E-state index in [4.69, 9.17) is 5.11 Å². The minimum Gasteiger partial charge on any atom is -0.479 e. The fraction of sp³-hybridized carbons (Fsp3) is 0.300. The maximum atomic E-state index is 11.5. The highest BCUT2D eigenvalue weighted by atomic mass is 16.5. The van der Waals surface area contributed by atoms with Crippen molar-refractivity contribution in [1.82, 2.24) is 10.3 Å². The van der Waals surface area contributed by atoms with Crippen molar-refractivity contribution in [3.8, 4) is 0 Å². The molecule has 1 amide bonds.